The molecule has 3 amide bonds. The van der Waals surface area contributed by atoms with E-state index >= 15 is 0 Å². The zero-order chi connectivity index (χ0) is 23.5. The van der Waals surface area contributed by atoms with Crippen molar-refractivity contribution >= 4 is 11.9 Å². The Hall–Kier alpha value is -2.16. The van der Waals surface area contributed by atoms with Gasteiger partial charge in [-0.3, -0.25) is 4.79 Å². The summed E-state index contributed by atoms with van der Waals surface area (Å²) in [6, 6.07) is 10.4. The summed E-state index contributed by atoms with van der Waals surface area (Å²) in [4.78, 5) is 29.3. The lowest BCUT2D eigenvalue weighted by molar-refractivity contribution is -0.121. The second kappa shape index (κ2) is 9.60. The van der Waals surface area contributed by atoms with Gasteiger partial charge in [-0.1, -0.05) is 30.3 Å². The van der Waals surface area contributed by atoms with Gasteiger partial charge in [0.1, 0.15) is 0 Å². The number of benzene rings is 1. The van der Waals surface area contributed by atoms with Gasteiger partial charge in [0, 0.05) is 31.6 Å². The summed E-state index contributed by atoms with van der Waals surface area (Å²) >= 11 is 0. The highest BCUT2D eigenvalue weighted by molar-refractivity contribution is 5.80. The number of urea groups is 1. The average Bonchev–Trinajstić information content (AvgIpc) is 3.07. The quantitative estimate of drug-likeness (QED) is 0.450. The maximum atomic E-state index is 13.5. The first-order chi connectivity index (χ1) is 15.9. The summed E-state index contributed by atoms with van der Waals surface area (Å²) in [5.74, 6) is -0.163. The summed E-state index contributed by atoms with van der Waals surface area (Å²) in [6.07, 6.45) is 6.18. The van der Waals surface area contributed by atoms with Crippen molar-refractivity contribution in [3.8, 4) is 0 Å². The van der Waals surface area contributed by atoms with Crippen LogP contribution in [-0.4, -0.2) is 82.9 Å². The number of carbonyl (C=O) groups excluding carboxylic acids is 2. The van der Waals surface area contributed by atoms with Crippen molar-refractivity contribution in [1.29, 1.82) is 0 Å². The zero-order valence-electron chi connectivity index (χ0n) is 19.7. The molecule has 2 aliphatic carbocycles. The van der Waals surface area contributed by atoms with E-state index in [2.05, 4.69) is 34.9 Å². The zero-order valence-corrected chi connectivity index (χ0v) is 19.7. The maximum absolute atomic E-state index is 13.5. The standard InChI is InChI=1S/C25H38N4O4/c1-26-25(20-6-3-2-4-7-20)13-11-23(12-14-25)18-28(16-8-21(31)27-15-17-30)22(32)29(23)19-24(33)9-5-10-24/h2-4,6-7,26,30,33H,5,8-19H2,1H3,(H,27,31)/t23-,25-. The Kier molecular flexibility index (Phi) is 6.98. The van der Waals surface area contributed by atoms with E-state index in [1.807, 2.05) is 18.0 Å². The van der Waals surface area contributed by atoms with Crippen LogP contribution in [0.2, 0.25) is 0 Å². The Bertz CT molecular complexity index is 834. The Morgan fingerprint density at radius 2 is 1.79 bits per heavy atom. The smallest absolute Gasteiger partial charge is 0.320 e. The van der Waals surface area contributed by atoms with Crippen molar-refractivity contribution < 1.29 is 19.8 Å². The molecule has 1 spiro atoms. The number of aliphatic hydroxyl groups excluding tert-OH is 1. The molecule has 0 bridgehead atoms. The monoisotopic (exact) mass is 458 g/mol. The van der Waals surface area contributed by atoms with E-state index in [1.165, 1.54) is 5.56 Å². The van der Waals surface area contributed by atoms with Crippen molar-refractivity contribution in [1.82, 2.24) is 20.4 Å². The van der Waals surface area contributed by atoms with Gasteiger partial charge in [-0.2, -0.15) is 0 Å². The van der Waals surface area contributed by atoms with Crippen LogP contribution in [0.25, 0.3) is 0 Å². The predicted octanol–water partition coefficient (Wildman–Crippen LogP) is 1.57. The number of amides is 3. The van der Waals surface area contributed by atoms with Crippen LogP contribution in [0.5, 0.6) is 0 Å². The van der Waals surface area contributed by atoms with Crippen LogP contribution in [0.15, 0.2) is 30.3 Å². The lowest BCUT2D eigenvalue weighted by Crippen LogP contribution is -2.59. The number of β-amino-alcohol motifs (C(OH)–C–C–N with tert-alkyl or cyclic N) is 1. The normalized spacial score (nSPS) is 28.8. The molecular formula is C25H38N4O4. The molecule has 8 nitrogen and oxygen atoms in total. The Morgan fingerprint density at radius 1 is 1.09 bits per heavy atom. The van der Waals surface area contributed by atoms with Gasteiger partial charge in [-0.05, 0) is 57.6 Å². The van der Waals surface area contributed by atoms with Gasteiger partial charge < -0.3 is 30.6 Å². The number of rotatable bonds is 9. The topological polar surface area (TPSA) is 105 Å². The fourth-order valence-corrected chi connectivity index (χ4v) is 5.86. The Labute approximate surface area is 196 Å². The second-order valence-corrected chi connectivity index (χ2v) is 10.1. The summed E-state index contributed by atoms with van der Waals surface area (Å²) in [5.41, 5.74) is 0.0488. The van der Waals surface area contributed by atoms with E-state index in [0.29, 0.717) is 19.6 Å². The third kappa shape index (κ3) is 4.74. The second-order valence-electron chi connectivity index (χ2n) is 10.1. The molecule has 3 aliphatic rings. The van der Waals surface area contributed by atoms with Crippen molar-refractivity contribution in [3.63, 3.8) is 0 Å². The third-order valence-corrected chi connectivity index (χ3v) is 8.18. The molecule has 182 valence electrons. The number of hydrogen-bond acceptors (Lipinski definition) is 5. The summed E-state index contributed by atoms with van der Waals surface area (Å²) in [6.45, 7) is 1.43. The minimum atomic E-state index is -0.784. The van der Waals surface area contributed by atoms with E-state index in [4.69, 9.17) is 5.11 Å². The Balaban J connectivity index is 1.50. The summed E-state index contributed by atoms with van der Waals surface area (Å²) in [7, 11) is 2.01. The summed E-state index contributed by atoms with van der Waals surface area (Å²) < 4.78 is 0. The Morgan fingerprint density at radius 3 is 2.36 bits per heavy atom. The van der Waals surface area contributed by atoms with Crippen molar-refractivity contribution in [2.45, 2.75) is 68.0 Å². The molecule has 0 aromatic heterocycles. The lowest BCUT2D eigenvalue weighted by atomic mass is 9.68. The number of nitrogens with zero attached hydrogens (tertiary/aromatic N) is 2. The molecular weight excluding hydrogens is 420 g/mol. The first-order valence-electron chi connectivity index (χ1n) is 12.3. The predicted molar refractivity (Wildman–Crippen MR) is 126 cm³/mol. The van der Waals surface area contributed by atoms with Gasteiger partial charge in [0.05, 0.1) is 24.3 Å². The SMILES string of the molecule is CN[C@]1(c2ccccc2)CC[C@@]2(CC1)CN(CCC(=O)NCCO)C(=O)N2CC1(O)CCC1. The van der Waals surface area contributed by atoms with E-state index in [9.17, 15) is 14.7 Å². The number of nitrogens with one attached hydrogen (secondary N) is 2. The van der Waals surface area contributed by atoms with Gasteiger partial charge in [-0.15, -0.1) is 0 Å². The first kappa shape index (κ1) is 24.0. The van der Waals surface area contributed by atoms with Crippen LogP contribution in [0.4, 0.5) is 4.79 Å². The average molecular weight is 459 g/mol. The molecule has 4 rings (SSSR count). The maximum Gasteiger partial charge on any atom is 0.320 e. The third-order valence-electron chi connectivity index (χ3n) is 8.18. The van der Waals surface area contributed by atoms with E-state index < -0.39 is 5.60 Å². The van der Waals surface area contributed by atoms with Gasteiger partial charge >= 0.3 is 6.03 Å². The number of hydrogen-bond donors (Lipinski definition) is 4. The van der Waals surface area contributed by atoms with Gasteiger partial charge in [0.2, 0.25) is 5.91 Å². The molecule has 4 N–H and O–H groups in total. The van der Waals surface area contributed by atoms with E-state index in [0.717, 1.165) is 44.9 Å². The molecule has 0 unspecified atom stereocenters. The van der Waals surface area contributed by atoms with Crippen LogP contribution in [0, 0.1) is 0 Å². The molecule has 8 heteroatoms. The minimum absolute atomic E-state index is 0.0676. The van der Waals surface area contributed by atoms with E-state index in [-0.39, 0.29) is 42.6 Å². The summed E-state index contributed by atoms with van der Waals surface area (Å²) in [5, 5.41) is 26.0. The highest BCUT2D eigenvalue weighted by atomic mass is 16.3. The van der Waals surface area contributed by atoms with Gasteiger partial charge in [-0.25, -0.2) is 4.79 Å². The first-order valence-corrected chi connectivity index (χ1v) is 12.3. The molecule has 2 saturated carbocycles. The fraction of sp³-hybridized carbons (Fsp3) is 0.680. The van der Waals surface area contributed by atoms with Crippen LogP contribution in [0.1, 0.15) is 56.9 Å². The number of carbonyl (C=O) groups is 2. The van der Waals surface area contributed by atoms with Gasteiger partial charge in [0.25, 0.3) is 0 Å². The molecule has 1 aliphatic heterocycles. The molecule has 1 aromatic rings. The van der Waals surface area contributed by atoms with Crippen LogP contribution < -0.4 is 10.6 Å². The lowest BCUT2D eigenvalue weighted by Gasteiger charge is -2.50. The van der Waals surface area contributed by atoms with Gasteiger partial charge in [0.15, 0.2) is 0 Å². The van der Waals surface area contributed by atoms with Crippen molar-refractivity contribution in [3.05, 3.63) is 35.9 Å². The van der Waals surface area contributed by atoms with E-state index in [1.54, 1.807) is 4.90 Å². The molecule has 0 radical (unpaired) electrons. The minimum Gasteiger partial charge on any atom is -0.395 e. The molecule has 3 fully saturated rings. The molecule has 1 aromatic carbocycles. The van der Waals surface area contributed by atoms with Crippen LogP contribution in [0.3, 0.4) is 0 Å². The fourth-order valence-electron chi connectivity index (χ4n) is 5.86. The molecule has 1 saturated heterocycles. The van der Waals surface area contributed by atoms with Crippen LogP contribution in [-0.2, 0) is 10.3 Å². The van der Waals surface area contributed by atoms with Crippen molar-refractivity contribution in [2.24, 2.45) is 0 Å². The van der Waals surface area contributed by atoms with Crippen LogP contribution >= 0.6 is 0 Å². The molecule has 33 heavy (non-hydrogen) atoms. The highest BCUT2D eigenvalue weighted by Crippen LogP contribution is 2.48. The highest BCUT2D eigenvalue weighted by Gasteiger charge is 2.55. The largest absolute Gasteiger partial charge is 0.395 e. The van der Waals surface area contributed by atoms with Crippen molar-refractivity contribution in [2.75, 3.05) is 39.8 Å². The molecule has 1 heterocycles. The number of aliphatic hydroxyl groups is 2. The molecule has 0 atom stereocenters.